The number of hydrogen-bond donors (Lipinski definition) is 2. The largest absolute Gasteiger partial charge is 0.397 e. The Morgan fingerprint density at radius 1 is 0.800 bits per heavy atom. The van der Waals surface area contributed by atoms with Gasteiger partial charge >= 0.3 is 0 Å². The van der Waals surface area contributed by atoms with Crippen LogP contribution in [0.3, 0.4) is 0 Å². The van der Waals surface area contributed by atoms with Crippen LogP contribution in [0.2, 0.25) is 0 Å². The van der Waals surface area contributed by atoms with E-state index in [-0.39, 0.29) is 17.1 Å². The van der Waals surface area contributed by atoms with Gasteiger partial charge in [-0.1, -0.05) is 30.3 Å². The summed E-state index contributed by atoms with van der Waals surface area (Å²) < 4.78 is 0. The van der Waals surface area contributed by atoms with Crippen LogP contribution >= 0.6 is 0 Å². The maximum Gasteiger partial charge on any atom is 0.0617 e. The van der Waals surface area contributed by atoms with Crippen LogP contribution in [-0.4, -0.2) is 0 Å². The fraction of sp³-hybridized carbons (Fsp3) is 0. The number of rotatable bonds is 2. The summed E-state index contributed by atoms with van der Waals surface area (Å²) in [4.78, 5) is 0. The molecule has 0 saturated heterocycles. The number of para-hydroxylation sites is 3. The summed E-state index contributed by atoms with van der Waals surface area (Å²) in [6, 6.07) is 17.7. The Balaban J connectivity index is 0.00000112. The zero-order valence-electron chi connectivity index (χ0n) is 8.13. The van der Waals surface area contributed by atoms with Crippen molar-refractivity contribution < 1.29 is 17.1 Å². The second kappa shape index (κ2) is 5.44. The number of hydrogen-bond acceptors (Lipinski definition) is 2. The molecule has 0 atom stereocenters. The molecule has 2 nitrogen and oxygen atoms in total. The van der Waals surface area contributed by atoms with Crippen LogP contribution in [0.1, 0.15) is 0 Å². The van der Waals surface area contributed by atoms with Gasteiger partial charge in [0.2, 0.25) is 0 Å². The molecule has 0 heterocycles. The predicted octanol–water partition coefficient (Wildman–Crippen LogP) is 3.01. The predicted molar refractivity (Wildman–Crippen MR) is 60.6 cm³/mol. The van der Waals surface area contributed by atoms with Crippen LogP contribution in [0.25, 0.3) is 0 Å². The van der Waals surface area contributed by atoms with E-state index in [4.69, 9.17) is 5.73 Å². The Morgan fingerprint density at radius 2 is 1.40 bits per heavy atom. The van der Waals surface area contributed by atoms with Gasteiger partial charge in [-0.3, -0.25) is 0 Å². The van der Waals surface area contributed by atoms with Gasteiger partial charge in [-0.05, 0) is 24.3 Å². The molecular weight excluding hydrogens is 228 g/mol. The molecule has 15 heavy (non-hydrogen) atoms. The molecule has 0 aliphatic carbocycles. The van der Waals surface area contributed by atoms with Gasteiger partial charge in [0, 0.05) is 22.8 Å². The van der Waals surface area contributed by atoms with Gasteiger partial charge in [0.15, 0.2) is 0 Å². The minimum atomic E-state index is 0. The van der Waals surface area contributed by atoms with E-state index in [9.17, 15) is 0 Å². The topological polar surface area (TPSA) is 38.0 Å². The standard InChI is InChI=1S/C12H12N2.Fe/c13-11-8-4-5-9-12(11)14-10-6-2-1-3-7-10;/h1-9,14H,13H2;. The minimum absolute atomic E-state index is 0. The first kappa shape index (κ1) is 11.6. The summed E-state index contributed by atoms with van der Waals surface area (Å²) in [6.45, 7) is 0. The van der Waals surface area contributed by atoms with Gasteiger partial charge < -0.3 is 11.1 Å². The molecule has 3 N–H and O–H groups in total. The fourth-order valence-corrected chi connectivity index (χ4v) is 1.29. The maximum atomic E-state index is 5.81. The molecule has 0 fully saturated rings. The van der Waals surface area contributed by atoms with Crippen LogP contribution in [0, 0.1) is 0 Å². The van der Waals surface area contributed by atoms with E-state index in [1.807, 2.05) is 54.6 Å². The minimum Gasteiger partial charge on any atom is -0.397 e. The van der Waals surface area contributed by atoms with E-state index in [1.54, 1.807) is 0 Å². The smallest absolute Gasteiger partial charge is 0.0617 e. The van der Waals surface area contributed by atoms with E-state index in [2.05, 4.69) is 5.32 Å². The maximum absolute atomic E-state index is 5.81. The molecular formula is C12H12FeN2. The number of anilines is 3. The first-order valence-corrected chi connectivity index (χ1v) is 4.53. The second-order valence-corrected chi connectivity index (χ2v) is 3.08. The molecule has 0 aliphatic rings. The number of nitrogens with two attached hydrogens (primary N) is 1. The number of nitrogen functional groups attached to an aromatic ring is 1. The molecule has 2 rings (SSSR count). The van der Waals surface area contributed by atoms with Gasteiger partial charge in [-0.25, -0.2) is 0 Å². The molecule has 0 aromatic heterocycles. The molecule has 0 unspecified atom stereocenters. The summed E-state index contributed by atoms with van der Waals surface area (Å²) >= 11 is 0. The molecule has 2 aromatic rings. The molecule has 2 aromatic carbocycles. The van der Waals surface area contributed by atoms with Crippen LogP contribution in [0.4, 0.5) is 17.1 Å². The van der Waals surface area contributed by atoms with Gasteiger partial charge in [-0.15, -0.1) is 0 Å². The van der Waals surface area contributed by atoms with Crippen molar-refractivity contribution in [3.05, 3.63) is 54.6 Å². The van der Waals surface area contributed by atoms with Crippen molar-refractivity contribution in [1.82, 2.24) is 0 Å². The van der Waals surface area contributed by atoms with Crippen LogP contribution < -0.4 is 11.1 Å². The van der Waals surface area contributed by atoms with E-state index in [1.165, 1.54) is 0 Å². The van der Waals surface area contributed by atoms with Crippen molar-refractivity contribution in [1.29, 1.82) is 0 Å². The Morgan fingerprint density at radius 3 is 2.07 bits per heavy atom. The van der Waals surface area contributed by atoms with Crippen molar-refractivity contribution in [2.24, 2.45) is 0 Å². The van der Waals surface area contributed by atoms with Gasteiger partial charge in [0.25, 0.3) is 0 Å². The van der Waals surface area contributed by atoms with Crippen LogP contribution in [0.15, 0.2) is 54.6 Å². The SMILES string of the molecule is Nc1ccccc1Nc1ccccc1.[Fe]. The van der Waals surface area contributed by atoms with Gasteiger partial charge in [0.1, 0.15) is 0 Å². The summed E-state index contributed by atoms with van der Waals surface area (Å²) in [6.07, 6.45) is 0. The van der Waals surface area contributed by atoms with Crippen LogP contribution in [-0.2, 0) is 17.1 Å². The molecule has 0 saturated carbocycles. The summed E-state index contributed by atoms with van der Waals surface area (Å²) in [5.41, 5.74) is 8.56. The fourth-order valence-electron chi connectivity index (χ4n) is 1.29. The monoisotopic (exact) mass is 240 g/mol. The van der Waals surface area contributed by atoms with Crippen LogP contribution in [0.5, 0.6) is 0 Å². The van der Waals surface area contributed by atoms with Crippen molar-refractivity contribution in [3.63, 3.8) is 0 Å². The summed E-state index contributed by atoms with van der Waals surface area (Å²) in [5, 5.41) is 3.25. The van der Waals surface area contributed by atoms with E-state index >= 15 is 0 Å². The first-order valence-electron chi connectivity index (χ1n) is 4.53. The average molecular weight is 240 g/mol. The summed E-state index contributed by atoms with van der Waals surface area (Å²) in [7, 11) is 0. The second-order valence-electron chi connectivity index (χ2n) is 3.08. The van der Waals surface area contributed by atoms with Gasteiger partial charge in [0.05, 0.1) is 11.4 Å². The normalized spacial score (nSPS) is 9.07. The molecule has 0 spiro atoms. The number of benzene rings is 2. The third kappa shape index (κ3) is 3.01. The van der Waals surface area contributed by atoms with Crippen molar-refractivity contribution in [2.75, 3.05) is 11.1 Å². The molecule has 0 aliphatic heterocycles. The van der Waals surface area contributed by atoms with E-state index < -0.39 is 0 Å². The van der Waals surface area contributed by atoms with Crippen molar-refractivity contribution >= 4 is 17.1 Å². The zero-order chi connectivity index (χ0) is 9.80. The Bertz CT molecular complexity index is 415. The molecule has 3 heteroatoms. The first-order chi connectivity index (χ1) is 6.86. The third-order valence-corrected chi connectivity index (χ3v) is 2.01. The Hall–Kier alpha value is -1.44. The van der Waals surface area contributed by atoms with E-state index in [0.29, 0.717) is 0 Å². The third-order valence-electron chi connectivity index (χ3n) is 2.01. The number of nitrogens with one attached hydrogen (secondary N) is 1. The molecule has 0 bridgehead atoms. The van der Waals surface area contributed by atoms with Crippen molar-refractivity contribution in [2.45, 2.75) is 0 Å². The van der Waals surface area contributed by atoms with E-state index in [0.717, 1.165) is 17.1 Å². The van der Waals surface area contributed by atoms with Gasteiger partial charge in [-0.2, -0.15) is 0 Å². The molecule has 0 radical (unpaired) electrons. The Kier molecular flexibility index (Phi) is 4.22. The Labute approximate surface area is 100.0 Å². The molecule has 78 valence electrons. The van der Waals surface area contributed by atoms with Crippen molar-refractivity contribution in [3.8, 4) is 0 Å². The average Bonchev–Trinajstić information content (AvgIpc) is 2.23. The molecule has 0 amide bonds. The summed E-state index contributed by atoms with van der Waals surface area (Å²) in [5.74, 6) is 0. The zero-order valence-corrected chi connectivity index (χ0v) is 9.23. The quantitative estimate of drug-likeness (QED) is 0.625.